The van der Waals surface area contributed by atoms with E-state index in [1.54, 1.807) is 19.1 Å². The van der Waals surface area contributed by atoms with Gasteiger partial charge in [0.05, 0.1) is 12.2 Å². The number of tetrazole rings is 1. The second kappa shape index (κ2) is 8.77. The van der Waals surface area contributed by atoms with Gasteiger partial charge < -0.3 is 14.8 Å². The molecule has 150 valence electrons. The number of halogens is 2. The van der Waals surface area contributed by atoms with E-state index in [2.05, 4.69) is 32.5 Å². The molecule has 10 heteroatoms. The molecule has 0 aliphatic carbocycles. The Bertz CT molecular complexity index is 851. The van der Waals surface area contributed by atoms with Crippen molar-refractivity contribution < 1.29 is 23.0 Å². The van der Waals surface area contributed by atoms with Gasteiger partial charge in [0.1, 0.15) is 11.8 Å². The number of carbonyl (C=O) groups is 1. The first-order chi connectivity index (χ1) is 13.5. The molecule has 0 amide bonds. The van der Waals surface area contributed by atoms with Gasteiger partial charge in [0.2, 0.25) is 5.95 Å². The number of hydrogen-bond donors (Lipinski definition) is 1. The fourth-order valence-electron chi connectivity index (χ4n) is 3.01. The highest BCUT2D eigenvalue weighted by molar-refractivity contribution is 5.92. The van der Waals surface area contributed by atoms with Crippen LogP contribution in [0.1, 0.15) is 44.7 Å². The molecule has 1 aromatic carbocycles. The summed E-state index contributed by atoms with van der Waals surface area (Å²) in [5.74, 6) is -0.0767. The summed E-state index contributed by atoms with van der Waals surface area (Å²) in [4.78, 5) is 12.8. The predicted molar refractivity (Wildman–Crippen MR) is 95.8 cm³/mol. The van der Waals surface area contributed by atoms with Crippen LogP contribution in [0, 0.1) is 0 Å². The van der Waals surface area contributed by atoms with Gasteiger partial charge in [0.15, 0.2) is 0 Å². The molecule has 0 saturated carbocycles. The molecule has 2 heterocycles. The van der Waals surface area contributed by atoms with Crippen LogP contribution in [0.15, 0.2) is 35.5 Å². The normalized spacial score (nSPS) is 16.0. The second-order valence-corrected chi connectivity index (χ2v) is 6.30. The first-order valence-electron chi connectivity index (χ1n) is 8.98. The number of anilines is 1. The van der Waals surface area contributed by atoms with E-state index >= 15 is 0 Å². The monoisotopic (exact) mass is 393 g/mol. The fraction of sp³-hybridized carbons (Fsp3) is 0.444. The molecule has 0 fully saturated rings. The Morgan fingerprint density at radius 3 is 2.71 bits per heavy atom. The average Bonchev–Trinajstić information content (AvgIpc) is 3.12. The number of allylic oxidation sites excluding steroid dienone is 1. The van der Waals surface area contributed by atoms with Gasteiger partial charge in [-0.1, -0.05) is 37.0 Å². The number of alkyl halides is 2. The number of carbonyl (C=O) groups excluding carboxylic acids is 1. The molecule has 8 nitrogen and oxygen atoms in total. The maximum Gasteiger partial charge on any atom is 0.387 e. The molecule has 2 aromatic rings. The summed E-state index contributed by atoms with van der Waals surface area (Å²) in [6.45, 7) is 1.21. The lowest BCUT2D eigenvalue weighted by molar-refractivity contribution is -0.139. The van der Waals surface area contributed by atoms with Gasteiger partial charge in [0, 0.05) is 5.70 Å². The van der Waals surface area contributed by atoms with Crippen LogP contribution in [0.5, 0.6) is 5.75 Å². The highest BCUT2D eigenvalue weighted by Crippen LogP contribution is 2.35. The van der Waals surface area contributed by atoms with Crippen LogP contribution in [-0.4, -0.2) is 39.4 Å². The van der Waals surface area contributed by atoms with E-state index in [-0.39, 0.29) is 5.75 Å². The van der Waals surface area contributed by atoms with Gasteiger partial charge >= 0.3 is 12.6 Å². The molecular weight excluding hydrogens is 372 g/mol. The highest BCUT2D eigenvalue weighted by Gasteiger charge is 2.34. The maximum absolute atomic E-state index is 12.8. The Hall–Kier alpha value is -3.04. The van der Waals surface area contributed by atoms with Crippen molar-refractivity contribution in [1.82, 2.24) is 20.2 Å². The topological polar surface area (TPSA) is 91.2 Å². The zero-order chi connectivity index (χ0) is 20.1. The van der Waals surface area contributed by atoms with Crippen LogP contribution in [0.2, 0.25) is 0 Å². The lowest BCUT2D eigenvalue weighted by Gasteiger charge is -2.27. The second-order valence-electron chi connectivity index (χ2n) is 6.30. The molecule has 0 bridgehead atoms. The number of fused-ring (bicyclic) bond motifs is 1. The maximum atomic E-state index is 12.8. The number of hydrogen-bond acceptors (Lipinski definition) is 7. The zero-order valence-electron chi connectivity index (χ0n) is 15.6. The first kappa shape index (κ1) is 19.7. The number of nitrogens with one attached hydrogen (secondary N) is 1. The van der Waals surface area contributed by atoms with Crippen molar-refractivity contribution >= 4 is 11.9 Å². The minimum Gasteiger partial charge on any atom is -0.462 e. The van der Waals surface area contributed by atoms with Crippen molar-refractivity contribution in [2.24, 2.45) is 0 Å². The summed E-state index contributed by atoms with van der Waals surface area (Å²) in [7, 11) is 0. The third-order valence-corrected chi connectivity index (χ3v) is 4.34. The number of benzene rings is 1. The molecule has 0 spiro atoms. The highest BCUT2D eigenvalue weighted by atomic mass is 19.3. The van der Waals surface area contributed by atoms with Crippen LogP contribution in [-0.2, 0) is 9.53 Å². The number of aromatic nitrogens is 4. The van der Waals surface area contributed by atoms with Gasteiger partial charge in [-0.15, -0.1) is 0 Å². The van der Waals surface area contributed by atoms with Crippen LogP contribution in [0.25, 0.3) is 0 Å². The van der Waals surface area contributed by atoms with Crippen molar-refractivity contribution in [2.75, 3.05) is 11.9 Å². The number of unbranched alkanes of at least 4 members (excludes halogenated alkanes) is 2. The largest absolute Gasteiger partial charge is 0.462 e. The molecule has 1 aromatic heterocycles. The van der Waals surface area contributed by atoms with E-state index < -0.39 is 18.6 Å². The van der Waals surface area contributed by atoms with Gasteiger partial charge in [0.25, 0.3) is 0 Å². The van der Waals surface area contributed by atoms with E-state index in [1.807, 2.05) is 0 Å². The quantitative estimate of drug-likeness (QED) is 0.543. The zero-order valence-corrected chi connectivity index (χ0v) is 15.6. The van der Waals surface area contributed by atoms with E-state index in [4.69, 9.17) is 4.74 Å². The molecule has 0 unspecified atom stereocenters. The van der Waals surface area contributed by atoms with Crippen molar-refractivity contribution in [3.63, 3.8) is 0 Å². The third kappa shape index (κ3) is 4.26. The molecule has 1 aliphatic heterocycles. The number of ether oxygens (including phenoxy) is 2. The molecule has 3 rings (SSSR count). The van der Waals surface area contributed by atoms with Gasteiger partial charge in [-0.25, -0.2) is 4.79 Å². The van der Waals surface area contributed by atoms with Gasteiger partial charge in [-0.3, -0.25) is 0 Å². The summed E-state index contributed by atoms with van der Waals surface area (Å²) < 4.78 is 36.1. The molecule has 1 atom stereocenters. The SMILES string of the molecule is CCCCCOC(=O)C1=C(C)Nc2nnnn2[C@H]1c1ccc(OC(F)F)cc1. The molecule has 0 saturated heterocycles. The van der Waals surface area contributed by atoms with Gasteiger partial charge in [-0.2, -0.15) is 13.5 Å². The molecule has 28 heavy (non-hydrogen) atoms. The molecule has 1 aliphatic rings. The van der Waals surface area contributed by atoms with Gasteiger partial charge in [-0.05, 0) is 41.5 Å². The summed E-state index contributed by atoms with van der Waals surface area (Å²) in [5.41, 5.74) is 1.57. The number of nitrogens with zero attached hydrogens (tertiary/aromatic N) is 4. The van der Waals surface area contributed by atoms with E-state index in [0.717, 1.165) is 19.3 Å². The van der Waals surface area contributed by atoms with Crippen molar-refractivity contribution in [2.45, 2.75) is 45.8 Å². The smallest absolute Gasteiger partial charge is 0.387 e. The standard InChI is InChI=1S/C18H21F2N5O3/c1-3-4-5-10-27-16(26)14-11(2)21-18-22-23-24-25(18)15(14)12-6-8-13(9-7-12)28-17(19)20/h6-9,15,17H,3-5,10H2,1-2H3,(H,21,22,24)/t15-/m0/s1. The summed E-state index contributed by atoms with van der Waals surface area (Å²) in [6, 6.07) is 5.36. The minimum absolute atomic E-state index is 0.0222. The van der Waals surface area contributed by atoms with Crippen LogP contribution < -0.4 is 10.1 Å². The first-order valence-corrected chi connectivity index (χ1v) is 8.98. The Morgan fingerprint density at radius 2 is 2.04 bits per heavy atom. The van der Waals surface area contributed by atoms with Crippen LogP contribution in [0.4, 0.5) is 14.7 Å². The molecular formula is C18H21F2N5O3. The summed E-state index contributed by atoms with van der Waals surface area (Å²) in [5, 5.41) is 14.5. The number of rotatable bonds is 8. The lowest BCUT2D eigenvalue weighted by Crippen LogP contribution is -2.29. The van der Waals surface area contributed by atoms with Crippen molar-refractivity contribution in [1.29, 1.82) is 0 Å². The minimum atomic E-state index is -2.91. The number of esters is 1. The Morgan fingerprint density at radius 1 is 1.29 bits per heavy atom. The molecule has 1 N–H and O–H groups in total. The third-order valence-electron chi connectivity index (χ3n) is 4.34. The molecule has 0 radical (unpaired) electrons. The van der Waals surface area contributed by atoms with Crippen LogP contribution >= 0.6 is 0 Å². The summed E-state index contributed by atoms with van der Waals surface area (Å²) in [6.07, 6.45) is 2.77. The summed E-state index contributed by atoms with van der Waals surface area (Å²) >= 11 is 0. The van der Waals surface area contributed by atoms with Crippen LogP contribution in [0.3, 0.4) is 0 Å². The van der Waals surface area contributed by atoms with E-state index in [0.29, 0.717) is 29.4 Å². The Balaban J connectivity index is 1.89. The van der Waals surface area contributed by atoms with E-state index in [1.165, 1.54) is 16.8 Å². The fourth-order valence-corrected chi connectivity index (χ4v) is 3.01. The van der Waals surface area contributed by atoms with Crippen molar-refractivity contribution in [3.05, 3.63) is 41.1 Å². The Labute approximate surface area is 160 Å². The van der Waals surface area contributed by atoms with Crippen molar-refractivity contribution in [3.8, 4) is 5.75 Å². The Kier molecular flexibility index (Phi) is 6.17. The predicted octanol–water partition coefficient (Wildman–Crippen LogP) is 3.30. The average molecular weight is 393 g/mol. The van der Waals surface area contributed by atoms with E-state index in [9.17, 15) is 13.6 Å². The lowest BCUT2D eigenvalue weighted by atomic mass is 9.96.